The molecule has 0 aliphatic carbocycles. The van der Waals surface area contributed by atoms with E-state index in [9.17, 15) is 0 Å². The van der Waals surface area contributed by atoms with E-state index < -0.39 is 0 Å². The molecule has 0 saturated heterocycles. The van der Waals surface area contributed by atoms with Gasteiger partial charge in [0.1, 0.15) is 0 Å². The van der Waals surface area contributed by atoms with Crippen molar-refractivity contribution in [2.75, 3.05) is 6.61 Å². The van der Waals surface area contributed by atoms with Crippen molar-refractivity contribution in [1.82, 2.24) is 10.4 Å². The Morgan fingerprint density at radius 1 is 1.20 bits per heavy atom. The lowest BCUT2D eigenvalue weighted by atomic mass is 9.97. The molecule has 0 radical (unpaired) electrons. The molecule has 1 aromatic heterocycles. The molecule has 0 fully saturated rings. The maximum atomic E-state index is 5.89. The van der Waals surface area contributed by atoms with Gasteiger partial charge in [-0.3, -0.25) is 16.3 Å². The van der Waals surface area contributed by atoms with Crippen LogP contribution < -0.4 is 11.3 Å². The number of benzene rings is 1. The average Bonchev–Trinajstić information content (AvgIpc) is 2.52. The van der Waals surface area contributed by atoms with Gasteiger partial charge in [-0.15, -0.1) is 0 Å². The molecule has 0 aliphatic heterocycles. The van der Waals surface area contributed by atoms with Gasteiger partial charge in [0.25, 0.3) is 0 Å². The Morgan fingerprint density at radius 3 is 2.60 bits per heavy atom. The van der Waals surface area contributed by atoms with E-state index >= 15 is 0 Å². The normalized spacial score (nSPS) is 13.9. The number of hydrogen-bond donors (Lipinski definition) is 2. The maximum absolute atomic E-state index is 5.89. The van der Waals surface area contributed by atoms with Crippen LogP contribution in [0.25, 0.3) is 0 Å². The standard InChI is InChI=1S/C16H21N3O/c1-2-20-16(14-8-4-3-5-9-14)15(19-17)11-13-7-6-10-18-12-13/h3-10,12,15-16,19H,2,11,17H2,1H3. The quantitative estimate of drug-likeness (QED) is 0.599. The summed E-state index contributed by atoms with van der Waals surface area (Å²) in [7, 11) is 0. The lowest BCUT2D eigenvalue weighted by Crippen LogP contribution is -2.42. The van der Waals surface area contributed by atoms with Crippen molar-refractivity contribution in [1.29, 1.82) is 0 Å². The molecule has 2 aromatic rings. The zero-order valence-electron chi connectivity index (χ0n) is 11.7. The summed E-state index contributed by atoms with van der Waals surface area (Å²) in [5, 5.41) is 0. The predicted octanol–water partition coefficient (Wildman–Crippen LogP) is 2.23. The van der Waals surface area contributed by atoms with Gasteiger partial charge in [-0.05, 0) is 30.5 Å². The molecule has 1 heterocycles. The number of nitrogens with zero attached hydrogens (tertiary/aromatic N) is 1. The molecule has 4 nitrogen and oxygen atoms in total. The van der Waals surface area contributed by atoms with Crippen LogP contribution in [0.1, 0.15) is 24.2 Å². The van der Waals surface area contributed by atoms with Gasteiger partial charge >= 0.3 is 0 Å². The molecule has 0 spiro atoms. The highest BCUT2D eigenvalue weighted by Gasteiger charge is 2.22. The van der Waals surface area contributed by atoms with Gasteiger partial charge < -0.3 is 4.74 Å². The minimum atomic E-state index is -0.0774. The van der Waals surface area contributed by atoms with Gasteiger partial charge in [0.15, 0.2) is 0 Å². The molecule has 3 N–H and O–H groups in total. The van der Waals surface area contributed by atoms with Crippen LogP contribution in [0.2, 0.25) is 0 Å². The highest BCUT2D eigenvalue weighted by Crippen LogP contribution is 2.23. The van der Waals surface area contributed by atoms with Gasteiger partial charge in [0.05, 0.1) is 12.1 Å². The van der Waals surface area contributed by atoms with Crippen LogP contribution in [0, 0.1) is 0 Å². The summed E-state index contributed by atoms with van der Waals surface area (Å²) in [5.41, 5.74) is 5.14. The molecule has 20 heavy (non-hydrogen) atoms. The summed E-state index contributed by atoms with van der Waals surface area (Å²) >= 11 is 0. The topological polar surface area (TPSA) is 60.2 Å². The van der Waals surface area contributed by atoms with E-state index in [-0.39, 0.29) is 12.1 Å². The Labute approximate surface area is 120 Å². The molecule has 0 amide bonds. The molecule has 0 aliphatic rings. The molecular weight excluding hydrogens is 250 g/mol. The second-order valence-electron chi connectivity index (χ2n) is 4.63. The van der Waals surface area contributed by atoms with Crippen molar-refractivity contribution in [3.05, 3.63) is 66.0 Å². The SMILES string of the molecule is CCOC(c1ccccc1)C(Cc1cccnc1)NN. The number of nitrogens with one attached hydrogen (secondary N) is 1. The van der Waals surface area contributed by atoms with Gasteiger partial charge in [-0.2, -0.15) is 0 Å². The molecule has 106 valence electrons. The lowest BCUT2D eigenvalue weighted by Gasteiger charge is -2.27. The summed E-state index contributed by atoms with van der Waals surface area (Å²) < 4.78 is 5.89. The van der Waals surface area contributed by atoms with Crippen molar-refractivity contribution >= 4 is 0 Å². The second-order valence-corrected chi connectivity index (χ2v) is 4.63. The van der Waals surface area contributed by atoms with E-state index in [0.717, 1.165) is 17.5 Å². The van der Waals surface area contributed by atoms with Crippen molar-refractivity contribution in [3.8, 4) is 0 Å². The third-order valence-corrected chi connectivity index (χ3v) is 3.23. The summed E-state index contributed by atoms with van der Waals surface area (Å²) in [6, 6.07) is 14.1. The highest BCUT2D eigenvalue weighted by atomic mass is 16.5. The van der Waals surface area contributed by atoms with Crippen LogP contribution in [0.5, 0.6) is 0 Å². The summed E-state index contributed by atoms with van der Waals surface area (Å²) in [6.45, 7) is 2.64. The van der Waals surface area contributed by atoms with E-state index in [2.05, 4.69) is 22.5 Å². The number of aromatic nitrogens is 1. The van der Waals surface area contributed by atoms with Gasteiger partial charge in [-0.1, -0.05) is 36.4 Å². The lowest BCUT2D eigenvalue weighted by molar-refractivity contribution is 0.0332. The van der Waals surface area contributed by atoms with Crippen molar-refractivity contribution in [3.63, 3.8) is 0 Å². The Bertz CT molecular complexity index is 490. The monoisotopic (exact) mass is 271 g/mol. The number of hydrazine groups is 1. The summed E-state index contributed by atoms with van der Waals surface area (Å²) in [4.78, 5) is 4.14. The Hall–Kier alpha value is -1.75. The first-order valence-corrected chi connectivity index (χ1v) is 6.86. The van der Waals surface area contributed by atoms with E-state index in [1.165, 1.54) is 0 Å². The molecule has 2 unspecified atom stereocenters. The first-order chi connectivity index (χ1) is 9.85. The van der Waals surface area contributed by atoms with Crippen LogP contribution in [0.3, 0.4) is 0 Å². The van der Waals surface area contributed by atoms with E-state index in [1.807, 2.05) is 43.5 Å². The molecule has 2 rings (SSSR count). The molecule has 0 bridgehead atoms. The fraction of sp³-hybridized carbons (Fsp3) is 0.312. The van der Waals surface area contributed by atoms with Crippen molar-refractivity contribution in [2.24, 2.45) is 5.84 Å². The van der Waals surface area contributed by atoms with Gasteiger partial charge in [-0.25, -0.2) is 0 Å². The van der Waals surface area contributed by atoms with E-state index in [1.54, 1.807) is 6.20 Å². The Balaban J connectivity index is 2.17. The fourth-order valence-corrected chi connectivity index (χ4v) is 2.29. The van der Waals surface area contributed by atoms with E-state index in [0.29, 0.717) is 6.61 Å². The molecule has 1 aromatic carbocycles. The number of ether oxygens (including phenoxy) is 1. The predicted molar refractivity (Wildman–Crippen MR) is 79.9 cm³/mol. The molecular formula is C16H21N3O. The summed E-state index contributed by atoms with van der Waals surface area (Å²) in [5.74, 6) is 5.74. The molecule has 4 heteroatoms. The first kappa shape index (κ1) is 14.7. The van der Waals surface area contributed by atoms with Crippen LogP contribution in [-0.2, 0) is 11.2 Å². The maximum Gasteiger partial charge on any atom is 0.0994 e. The smallest absolute Gasteiger partial charge is 0.0994 e. The number of rotatable bonds is 7. The third-order valence-electron chi connectivity index (χ3n) is 3.23. The zero-order valence-corrected chi connectivity index (χ0v) is 11.7. The Morgan fingerprint density at radius 2 is 2.00 bits per heavy atom. The third kappa shape index (κ3) is 3.87. The van der Waals surface area contributed by atoms with Crippen molar-refractivity contribution in [2.45, 2.75) is 25.5 Å². The highest BCUT2D eigenvalue weighted by molar-refractivity contribution is 5.21. The zero-order chi connectivity index (χ0) is 14.2. The molecule has 2 atom stereocenters. The van der Waals surface area contributed by atoms with Crippen LogP contribution >= 0.6 is 0 Å². The number of pyridine rings is 1. The van der Waals surface area contributed by atoms with E-state index in [4.69, 9.17) is 10.6 Å². The fourth-order valence-electron chi connectivity index (χ4n) is 2.29. The summed E-state index contributed by atoms with van der Waals surface area (Å²) in [6.07, 6.45) is 4.32. The number of nitrogens with two attached hydrogens (primary N) is 1. The minimum absolute atomic E-state index is 0.00144. The van der Waals surface area contributed by atoms with Crippen molar-refractivity contribution < 1.29 is 4.74 Å². The Kier molecular flexibility index (Phi) is 5.68. The second kappa shape index (κ2) is 7.75. The van der Waals surface area contributed by atoms with Gasteiger partial charge in [0, 0.05) is 19.0 Å². The first-order valence-electron chi connectivity index (χ1n) is 6.86. The largest absolute Gasteiger partial charge is 0.372 e. The molecule has 0 saturated carbocycles. The van der Waals surface area contributed by atoms with Crippen LogP contribution in [0.4, 0.5) is 0 Å². The van der Waals surface area contributed by atoms with Crippen LogP contribution in [-0.4, -0.2) is 17.6 Å². The van der Waals surface area contributed by atoms with Gasteiger partial charge in [0.2, 0.25) is 0 Å². The number of hydrogen-bond acceptors (Lipinski definition) is 4. The minimum Gasteiger partial charge on any atom is -0.372 e. The van der Waals surface area contributed by atoms with Crippen LogP contribution in [0.15, 0.2) is 54.9 Å². The average molecular weight is 271 g/mol.